The van der Waals surface area contributed by atoms with Gasteiger partial charge in [0.05, 0.1) is 35.2 Å². The monoisotopic (exact) mass is 392 g/mol. The van der Waals surface area contributed by atoms with Crippen LogP contribution >= 0.6 is 11.3 Å². The highest BCUT2D eigenvalue weighted by molar-refractivity contribution is 7.23. The first-order valence-corrected chi connectivity index (χ1v) is 9.65. The lowest BCUT2D eigenvalue weighted by Gasteiger charge is -2.06. The Labute approximate surface area is 163 Å². The molecular formula is C21H16N2O4S. The van der Waals surface area contributed by atoms with Gasteiger partial charge in [0.2, 0.25) is 0 Å². The van der Waals surface area contributed by atoms with Crippen molar-refractivity contribution in [2.45, 2.75) is 6.92 Å². The minimum absolute atomic E-state index is 0.429. The number of fused-ring (bicyclic) bond motifs is 4. The van der Waals surface area contributed by atoms with E-state index in [1.165, 1.54) is 0 Å². The van der Waals surface area contributed by atoms with Crippen molar-refractivity contribution < 1.29 is 13.9 Å². The van der Waals surface area contributed by atoms with Crippen molar-refractivity contribution >= 4 is 37.5 Å². The molecule has 5 rings (SSSR count). The highest BCUT2D eigenvalue weighted by atomic mass is 32.1. The molecule has 3 heterocycles. The van der Waals surface area contributed by atoms with Crippen molar-refractivity contribution in [2.24, 2.45) is 0 Å². The number of imidazole rings is 1. The Morgan fingerprint density at radius 2 is 2.11 bits per heavy atom. The van der Waals surface area contributed by atoms with Gasteiger partial charge in [-0.2, -0.15) is 0 Å². The van der Waals surface area contributed by atoms with E-state index in [1.807, 2.05) is 47.9 Å². The first-order valence-electron chi connectivity index (χ1n) is 8.83. The van der Waals surface area contributed by atoms with Gasteiger partial charge in [0.1, 0.15) is 5.75 Å². The third kappa shape index (κ3) is 2.55. The van der Waals surface area contributed by atoms with Crippen molar-refractivity contribution in [3.63, 3.8) is 0 Å². The first kappa shape index (κ1) is 16.8. The number of nitrogens with zero attached hydrogens (tertiary/aromatic N) is 2. The average molecular weight is 392 g/mol. The number of thiazole rings is 1. The number of hydrogen-bond acceptors (Lipinski definition) is 6. The minimum Gasteiger partial charge on any atom is -0.497 e. The molecule has 0 aliphatic rings. The molecule has 5 aromatic rings. The standard InChI is InChI=1S/C21H16N2O4S/c1-3-26-17-6-4-5-12-9-14(20(24)27-19(12)17)15-11-23-16-8-7-13(25-2)10-18(16)28-21(23)22-15/h4-11H,3H2,1-2H3. The summed E-state index contributed by atoms with van der Waals surface area (Å²) in [6.07, 6.45) is 1.87. The molecule has 0 aliphatic carbocycles. The van der Waals surface area contributed by atoms with Crippen LogP contribution in [-0.4, -0.2) is 23.1 Å². The fraction of sp³-hybridized carbons (Fsp3) is 0.143. The Morgan fingerprint density at radius 3 is 2.93 bits per heavy atom. The van der Waals surface area contributed by atoms with Gasteiger partial charge >= 0.3 is 5.63 Å². The summed E-state index contributed by atoms with van der Waals surface area (Å²) in [6.45, 7) is 2.39. The van der Waals surface area contributed by atoms with Gasteiger partial charge in [-0.1, -0.05) is 23.5 Å². The SMILES string of the molecule is CCOc1cccc2cc(-c3cn4c(n3)sc3cc(OC)ccc34)c(=O)oc12. The second-order valence-corrected chi connectivity index (χ2v) is 7.28. The third-order valence-electron chi connectivity index (χ3n) is 4.60. The summed E-state index contributed by atoms with van der Waals surface area (Å²) in [5.74, 6) is 1.37. The maximum absolute atomic E-state index is 12.7. The van der Waals surface area contributed by atoms with Gasteiger partial charge in [-0.05, 0) is 37.3 Å². The summed E-state index contributed by atoms with van der Waals surface area (Å²) >= 11 is 1.54. The Bertz CT molecular complexity index is 1400. The topological polar surface area (TPSA) is 66.0 Å². The lowest BCUT2D eigenvalue weighted by Crippen LogP contribution is -2.04. The zero-order valence-corrected chi connectivity index (χ0v) is 16.1. The number of para-hydroxylation sites is 1. The molecule has 0 N–H and O–H groups in total. The molecular weight excluding hydrogens is 376 g/mol. The summed E-state index contributed by atoms with van der Waals surface area (Å²) in [7, 11) is 1.65. The number of benzene rings is 2. The summed E-state index contributed by atoms with van der Waals surface area (Å²) in [5, 5.41) is 0.798. The molecule has 0 spiro atoms. The Balaban J connectivity index is 1.68. The molecule has 0 saturated carbocycles. The van der Waals surface area contributed by atoms with Crippen LogP contribution in [0.25, 0.3) is 37.4 Å². The molecule has 6 nitrogen and oxygen atoms in total. The first-order chi connectivity index (χ1) is 13.7. The van der Waals surface area contributed by atoms with Gasteiger partial charge in [0.25, 0.3) is 0 Å². The number of ether oxygens (including phenoxy) is 2. The van der Waals surface area contributed by atoms with Gasteiger partial charge in [-0.15, -0.1) is 0 Å². The van der Waals surface area contributed by atoms with Gasteiger partial charge in [-0.25, -0.2) is 9.78 Å². The normalized spacial score (nSPS) is 11.5. The van der Waals surface area contributed by atoms with Crippen LogP contribution < -0.4 is 15.1 Å². The van der Waals surface area contributed by atoms with Crippen LogP contribution in [0, 0.1) is 0 Å². The van der Waals surface area contributed by atoms with Crippen LogP contribution in [0.4, 0.5) is 0 Å². The molecule has 0 aliphatic heterocycles. The van der Waals surface area contributed by atoms with Crippen LogP contribution in [0.3, 0.4) is 0 Å². The molecule has 0 amide bonds. The van der Waals surface area contributed by atoms with Gasteiger partial charge in [0.15, 0.2) is 16.3 Å². The summed E-state index contributed by atoms with van der Waals surface area (Å²) in [4.78, 5) is 18.1. The van der Waals surface area contributed by atoms with Crippen LogP contribution in [-0.2, 0) is 0 Å². The number of rotatable bonds is 4. The van der Waals surface area contributed by atoms with E-state index in [-0.39, 0.29) is 0 Å². The third-order valence-corrected chi connectivity index (χ3v) is 5.62. The molecule has 0 saturated heterocycles. The smallest absolute Gasteiger partial charge is 0.345 e. The van der Waals surface area contributed by atoms with Crippen LogP contribution in [0.15, 0.2) is 57.9 Å². The van der Waals surface area contributed by atoms with E-state index in [2.05, 4.69) is 4.98 Å². The van der Waals surface area contributed by atoms with E-state index in [0.29, 0.717) is 29.2 Å². The zero-order chi connectivity index (χ0) is 19.3. The Kier molecular flexibility index (Phi) is 3.84. The molecule has 2 aromatic carbocycles. The van der Waals surface area contributed by atoms with E-state index in [0.717, 1.165) is 26.3 Å². The van der Waals surface area contributed by atoms with Gasteiger partial charge < -0.3 is 13.9 Å². The van der Waals surface area contributed by atoms with E-state index >= 15 is 0 Å². The summed E-state index contributed by atoms with van der Waals surface area (Å²) in [5.41, 5.74) is 2.05. The maximum Gasteiger partial charge on any atom is 0.345 e. The largest absolute Gasteiger partial charge is 0.497 e. The van der Waals surface area contributed by atoms with Crippen LogP contribution in [0.1, 0.15) is 6.92 Å². The minimum atomic E-state index is -0.434. The van der Waals surface area contributed by atoms with Crippen molar-refractivity contribution in [1.29, 1.82) is 0 Å². The van der Waals surface area contributed by atoms with E-state index in [9.17, 15) is 4.79 Å². The highest BCUT2D eigenvalue weighted by Crippen LogP contribution is 2.32. The molecule has 0 bridgehead atoms. The van der Waals surface area contributed by atoms with Crippen molar-refractivity contribution in [3.8, 4) is 22.8 Å². The van der Waals surface area contributed by atoms with Gasteiger partial charge in [-0.3, -0.25) is 4.40 Å². The molecule has 140 valence electrons. The molecule has 0 unspecified atom stereocenters. The second-order valence-electron chi connectivity index (χ2n) is 6.27. The van der Waals surface area contributed by atoms with E-state index in [1.54, 1.807) is 30.6 Å². The molecule has 28 heavy (non-hydrogen) atoms. The molecule has 0 fully saturated rings. The highest BCUT2D eigenvalue weighted by Gasteiger charge is 2.16. The Morgan fingerprint density at radius 1 is 1.21 bits per heavy atom. The average Bonchev–Trinajstić information content (AvgIpc) is 3.25. The number of methoxy groups -OCH3 is 1. The molecule has 7 heteroatoms. The molecule has 3 aromatic heterocycles. The molecule has 0 atom stereocenters. The predicted octanol–water partition coefficient (Wildman–Crippen LogP) is 4.73. The fourth-order valence-electron chi connectivity index (χ4n) is 3.30. The zero-order valence-electron chi connectivity index (χ0n) is 15.3. The summed E-state index contributed by atoms with van der Waals surface area (Å²) in [6, 6.07) is 13.2. The van der Waals surface area contributed by atoms with E-state index < -0.39 is 5.63 Å². The van der Waals surface area contributed by atoms with Crippen molar-refractivity contribution in [3.05, 3.63) is 59.1 Å². The second kappa shape index (κ2) is 6.38. The van der Waals surface area contributed by atoms with Crippen LogP contribution in [0.2, 0.25) is 0 Å². The van der Waals surface area contributed by atoms with E-state index in [4.69, 9.17) is 13.9 Å². The van der Waals surface area contributed by atoms with Gasteiger partial charge in [0, 0.05) is 11.6 Å². The van der Waals surface area contributed by atoms with Crippen molar-refractivity contribution in [1.82, 2.24) is 9.38 Å². The molecule has 0 radical (unpaired) electrons. The lowest BCUT2D eigenvalue weighted by molar-refractivity contribution is 0.337. The lowest BCUT2D eigenvalue weighted by atomic mass is 10.1. The number of aromatic nitrogens is 2. The van der Waals surface area contributed by atoms with Crippen molar-refractivity contribution in [2.75, 3.05) is 13.7 Å². The Hall–Kier alpha value is -3.32. The maximum atomic E-state index is 12.7. The fourth-order valence-corrected chi connectivity index (χ4v) is 4.34. The number of hydrogen-bond donors (Lipinski definition) is 0. The van der Waals surface area contributed by atoms with Crippen LogP contribution in [0.5, 0.6) is 11.5 Å². The predicted molar refractivity (Wildman–Crippen MR) is 110 cm³/mol. The quantitative estimate of drug-likeness (QED) is 0.414. The summed E-state index contributed by atoms with van der Waals surface area (Å²) < 4.78 is 19.5.